The predicted molar refractivity (Wildman–Crippen MR) is 81.1 cm³/mol. The third-order valence-electron chi connectivity index (χ3n) is 4.05. The number of sulfonamides is 1. The molecule has 0 aliphatic heterocycles. The highest BCUT2D eigenvalue weighted by molar-refractivity contribution is 7.89. The van der Waals surface area contributed by atoms with Gasteiger partial charge in [-0.1, -0.05) is 31.5 Å². The summed E-state index contributed by atoms with van der Waals surface area (Å²) in [6.07, 6.45) is 2.98. The van der Waals surface area contributed by atoms with E-state index in [9.17, 15) is 8.42 Å². The summed E-state index contributed by atoms with van der Waals surface area (Å²) >= 11 is 0. The molecule has 2 atom stereocenters. The van der Waals surface area contributed by atoms with Gasteiger partial charge in [-0.05, 0) is 44.2 Å². The number of hydrazone groups is 1. The van der Waals surface area contributed by atoms with Crippen molar-refractivity contribution in [3.8, 4) is 0 Å². The van der Waals surface area contributed by atoms with Gasteiger partial charge in [0.1, 0.15) is 0 Å². The van der Waals surface area contributed by atoms with Crippen molar-refractivity contribution in [1.29, 1.82) is 0 Å². The van der Waals surface area contributed by atoms with Gasteiger partial charge in [-0.25, -0.2) is 4.83 Å². The summed E-state index contributed by atoms with van der Waals surface area (Å²) in [7, 11) is -3.55. The number of hydrogen-bond acceptors (Lipinski definition) is 3. The second-order valence-corrected chi connectivity index (χ2v) is 7.20. The zero-order chi connectivity index (χ0) is 14.8. The fourth-order valence-corrected chi connectivity index (χ4v) is 3.59. The van der Waals surface area contributed by atoms with Crippen molar-refractivity contribution in [1.82, 2.24) is 4.83 Å². The number of aryl methyl sites for hydroxylation is 1. The van der Waals surface area contributed by atoms with Crippen LogP contribution in [-0.2, 0) is 10.0 Å². The van der Waals surface area contributed by atoms with Crippen LogP contribution < -0.4 is 4.83 Å². The molecule has 4 nitrogen and oxygen atoms in total. The van der Waals surface area contributed by atoms with Crippen LogP contribution in [0.2, 0.25) is 0 Å². The van der Waals surface area contributed by atoms with E-state index in [4.69, 9.17) is 0 Å². The van der Waals surface area contributed by atoms with Crippen molar-refractivity contribution in [2.45, 2.75) is 44.9 Å². The Morgan fingerprint density at radius 2 is 1.95 bits per heavy atom. The number of nitrogens with zero attached hydrogens (tertiary/aromatic N) is 1. The molecule has 20 heavy (non-hydrogen) atoms. The minimum absolute atomic E-state index is 0.256. The fourth-order valence-electron chi connectivity index (χ4n) is 2.76. The van der Waals surface area contributed by atoms with Gasteiger partial charge >= 0.3 is 0 Å². The molecule has 1 aliphatic rings. The first-order chi connectivity index (χ1) is 9.44. The Morgan fingerprint density at radius 1 is 1.30 bits per heavy atom. The van der Waals surface area contributed by atoms with E-state index in [0.717, 1.165) is 30.5 Å². The lowest BCUT2D eigenvalue weighted by atomic mass is 9.95. The largest absolute Gasteiger partial charge is 0.276 e. The lowest BCUT2D eigenvalue weighted by Gasteiger charge is -2.13. The van der Waals surface area contributed by atoms with Gasteiger partial charge < -0.3 is 0 Å². The molecule has 0 spiro atoms. The van der Waals surface area contributed by atoms with Gasteiger partial charge in [-0.2, -0.15) is 13.5 Å². The Labute approximate surface area is 121 Å². The Kier molecular flexibility index (Phi) is 4.48. The summed E-state index contributed by atoms with van der Waals surface area (Å²) in [6.45, 7) is 6.25. The quantitative estimate of drug-likeness (QED) is 0.868. The van der Waals surface area contributed by atoms with Gasteiger partial charge in [0, 0.05) is 11.6 Å². The van der Waals surface area contributed by atoms with E-state index in [1.807, 2.05) is 6.92 Å². The second kappa shape index (κ2) is 5.95. The van der Waals surface area contributed by atoms with Crippen LogP contribution >= 0.6 is 0 Å². The molecular formula is C15H22N2O2S. The van der Waals surface area contributed by atoms with E-state index in [1.165, 1.54) is 0 Å². The SMILES string of the molecule is CCC1/C(=N/NS(=O)(=O)c2ccc(C)cc2)CCC1C. The topological polar surface area (TPSA) is 58.5 Å². The van der Waals surface area contributed by atoms with E-state index in [2.05, 4.69) is 23.8 Å². The maximum absolute atomic E-state index is 12.2. The number of hydrogen-bond donors (Lipinski definition) is 1. The molecule has 0 bridgehead atoms. The first-order valence-electron chi connectivity index (χ1n) is 7.09. The van der Waals surface area contributed by atoms with Crippen LogP contribution in [0.4, 0.5) is 0 Å². The van der Waals surface area contributed by atoms with Crippen LogP contribution in [0.25, 0.3) is 0 Å². The van der Waals surface area contributed by atoms with Crippen molar-refractivity contribution >= 4 is 15.7 Å². The van der Waals surface area contributed by atoms with Crippen molar-refractivity contribution < 1.29 is 8.42 Å². The molecule has 0 heterocycles. The summed E-state index contributed by atoms with van der Waals surface area (Å²) in [5, 5.41) is 4.18. The number of benzene rings is 1. The lowest BCUT2D eigenvalue weighted by molar-refractivity contribution is 0.467. The first kappa shape index (κ1) is 15.0. The van der Waals surface area contributed by atoms with Crippen molar-refractivity contribution in [3.05, 3.63) is 29.8 Å². The molecule has 1 N–H and O–H groups in total. The zero-order valence-electron chi connectivity index (χ0n) is 12.3. The summed E-state index contributed by atoms with van der Waals surface area (Å²) in [5.74, 6) is 0.985. The van der Waals surface area contributed by atoms with Crippen LogP contribution in [0.3, 0.4) is 0 Å². The van der Waals surface area contributed by atoms with E-state index in [1.54, 1.807) is 24.3 Å². The van der Waals surface area contributed by atoms with Gasteiger partial charge in [0.2, 0.25) is 0 Å². The van der Waals surface area contributed by atoms with E-state index in [0.29, 0.717) is 11.8 Å². The van der Waals surface area contributed by atoms with Crippen molar-refractivity contribution in [2.24, 2.45) is 16.9 Å². The zero-order valence-corrected chi connectivity index (χ0v) is 13.1. The molecule has 1 aromatic carbocycles. The average Bonchev–Trinajstić information content (AvgIpc) is 2.77. The van der Waals surface area contributed by atoms with Gasteiger partial charge in [0.05, 0.1) is 4.90 Å². The fraction of sp³-hybridized carbons (Fsp3) is 0.533. The lowest BCUT2D eigenvalue weighted by Crippen LogP contribution is -2.22. The molecule has 1 fully saturated rings. The summed E-state index contributed by atoms with van der Waals surface area (Å²) in [6, 6.07) is 6.78. The Morgan fingerprint density at radius 3 is 2.55 bits per heavy atom. The van der Waals surface area contributed by atoms with E-state index < -0.39 is 10.0 Å². The van der Waals surface area contributed by atoms with Gasteiger partial charge in [0.25, 0.3) is 10.0 Å². The Balaban J connectivity index is 2.15. The molecule has 110 valence electrons. The summed E-state index contributed by atoms with van der Waals surface area (Å²) < 4.78 is 24.3. The van der Waals surface area contributed by atoms with E-state index in [-0.39, 0.29) is 4.90 Å². The van der Waals surface area contributed by atoms with Crippen LogP contribution in [0.5, 0.6) is 0 Å². The van der Waals surface area contributed by atoms with Crippen LogP contribution in [0, 0.1) is 18.8 Å². The first-order valence-corrected chi connectivity index (χ1v) is 8.57. The highest BCUT2D eigenvalue weighted by atomic mass is 32.2. The van der Waals surface area contributed by atoms with Crippen LogP contribution in [0.15, 0.2) is 34.3 Å². The number of rotatable bonds is 4. The maximum atomic E-state index is 12.2. The highest BCUT2D eigenvalue weighted by Gasteiger charge is 2.28. The normalized spacial score (nSPS) is 25.1. The Bertz CT molecular complexity index is 591. The monoisotopic (exact) mass is 294 g/mol. The van der Waals surface area contributed by atoms with Crippen LogP contribution in [-0.4, -0.2) is 14.1 Å². The highest BCUT2D eigenvalue weighted by Crippen LogP contribution is 2.31. The van der Waals surface area contributed by atoms with E-state index >= 15 is 0 Å². The molecule has 2 rings (SSSR count). The molecular weight excluding hydrogens is 272 g/mol. The second-order valence-electron chi connectivity index (χ2n) is 5.54. The third kappa shape index (κ3) is 3.20. The molecule has 0 amide bonds. The average molecular weight is 294 g/mol. The predicted octanol–water partition coefficient (Wildman–Crippen LogP) is 3.09. The molecule has 1 aromatic rings. The molecule has 0 aromatic heterocycles. The molecule has 1 aliphatic carbocycles. The third-order valence-corrected chi connectivity index (χ3v) is 5.28. The van der Waals surface area contributed by atoms with Gasteiger partial charge in [-0.3, -0.25) is 0 Å². The van der Waals surface area contributed by atoms with Crippen molar-refractivity contribution in [2.75, 3.05) is 0 Å². The number of nitrogens with one attached hydrogen (secondary N) is 1. The standard InChI is InChI=1S/C15H22N2O2S/c1-4-14-12(3)7-10-15(14)16-17-20(18,19)13-8-5-11(2)6-9-13/h5-6,8-9,12,14,17H,4,7,10H2,1-3H3/b16-15+. The maximum Gasteiger partial charge on any atom is 0.276 e. The van der Waals surface area contributed by atoms with Crippen LogP contribution in [0.1, 0.15) is 38.7 Å². The van der Waals surface area contributed by atoms with Crippen molar-refractivity contribution in [3.63, 3.8) is 0 Å². The molecule has 0 saturated heterocycles. The summed E-state index contributed by atoms with van der Waals surface area (Å²) in [4.78, 5) is 2.64. The van der Waals surface area contributed by atoms with Gasteiger partial charge in [-0.15, -0.1) is 0 Å². The Hall–Kier alpha value is -1.36. The minimum Gasteiger partial charge on any atom is -0.200 e. The minimum atomic E-state index is -3.55. The molecule has 2 unspecified atom stereocenters. The van der Waals surface area contributed by atoms with Gasteiger partial charge in [0.15, 0.2) is 0 Å². The molecule has 1 saturated carbocycles. The molecule has 0 radical (unpaired) electrons. The molecule has 5 heteroatoms. The summed E-state index contributed by atoms with van der Waals surface area (Å²) in [5.41, 5.74) is 2.02. The smallest absolute Gasteiger partial charge is 0.200 e.